The van der Waals surface area contributed by atoms with Crippen molar-refractivity contribution in [2.24, 2.45) is 11.8 Å². The lowest BCUT2D eigenvalue weighted by Crippen LogP contribution is -2.42. The zero-order valence-electron chi connectivity index (χ0n) is 7.71. The van der Waals surface area contributed by atoms with E-state index in [4.69, 9.17) is 0 Å². The molecule has 1 heterocycles. The molecule has 3 atom stereocenters. The van der Waals surface area contributed by atoms with Crippen LogP contribution in [0.5, 0.6) is 0 Å². The van der Waals surface area contributed by atoms with Crippen molar-refractivity contribution in [3.05, 3.63) is 0 Å². The first-order chi connectivity index (χ1) is 5.61. The van der Waals surface area contributed by atoms with E-state index in [1.807, 2.05) is 0 Å². The monoisotopic (exact) mass is 171 g/mol. The summed E-state index contributed by atoms with van der Waals surface area (Å²) in [6, 6.07) is 0. The predicted molar refractivity (Wildman–Crippen MR) is 46.8 cm³/mol. The Morgan fingerprint density at radius 2 is 2.25 bits per heavy atom. The van der Waals surface area contributed by atoms with Crippen LogP contribution in [-0.4, -0.2) is 30.1 Å². The number of piperidine rings is 1. The first kappa shape index (κ1) is 9.68. The second kappa shape index (κ2) is 4.01. The lowest BCUT2D eigenvalue weighted by molar-refractivity contribution is -0.122. The van der Waals surface area contributed by atoms with Gasteiger partial charge >= 0.3 is 0 Å². The third-order valence-corrected chi connectivity index (χ3v) is 2.64. The number of carbonyl (C=O) groups is 1. The van der Waals surface area contributed by atoms with Crippen molar-refractivity contribution in [1.29, 1.82) is 0 Å². The smallest absolute Gasteiger partial charge is 0.134 e. The number of carbonyl (C=O) groups excluding carboxylic acids is 1. The maximum Gasteiger partial charge on any atom is 0.134 e. The van der Waals surface area contributed by atoms with Gasteiger partial charge in [0.05, 0.1) is 6.10 Å². The van der Waals surface area contributed by atoms with Crippen LogP contribution in [0.15, 0.2) is 0 Å². The van der Waals surface area contributed by atoms with Crippen LogP contribution in [0.1, 0.15) is 20.3 Å². The molecule has 0 aromatic heterocycles. The van der Waals surface area contributed by atoms with Gasteiger partial charge in [-0.25, -0.2) is 0 Å². The minimum absolute atomic E-state index is 0.110. The first-order valence-electron chi connectivity index (χ1n) is 4.50. The van der Waals surface area contributed by atoms with Gasteiger partial charge in [0.2, 0.25) is 0 Å². The van der Waals surface area contributed by atoms with Crippen LogP contribution in [0.4, 0.5) is 0 Å². The molecule has 1 saturated heterocycles. The Hall–Kier alpha value is -0.410. The van der Waals surface area contributed by atoms with Gasteiger partial charge in [0.15, 0.2) is 0 Å². The van der Waals surface area contributed by atoms with E-state index in [2.05, 4.69) is 5.32 Å². The third-order valence-electron chi connectivity index (χ3n) is 2.64. The SMILES string of the molecule is CC(=O)C1CNCC(C(C)O)C1. The number of aliphatic hydroxyl groups excluding tert-OH is 1. The fourth-order valence-electron chi connectivity index (χ4n) is 1.65. The molecule has 0 aliphatic carbocycles. The third kappa shape index (κ3) is 2.29. The van der Waals surface area contributed by atoms with Gasteiger partial charge in [-0.3, -0.25) is 4.79 Å². The molecular formula is C9H17NO2. The maximum absolute atomic E-state index is 11.0. The highest BCUT2D eigenvalue weighted by Crippen LogP contribution is 2.19. The molecule has 1 rings (SSSR count). The molecular weight excluding hydrogens is 154 g/mol. The molecule has 3 nitrogen and oxygen atoms in total. The molecule has 1 fully saturated rings. The molecule has 0 spiro atoms. The van der Waals surface area contributed by atoms with Crippen molar-refractivity contribution in [1.82, 2.24) is 5.32 Å². The summed E-state index contributed by atoms with van der Waals surface area (Å²) in [6.45, 7) is 5.02. The highest BCUT2D eigenvalue weighted by molar-refractivity contribution is 5.78. The number of aliphatic hydroxyl groups is 1. The van der Waals surface area contributed by atoms with E-state index in [9.17, 15) is 9.90 Å². The molecule has 3 heteroatoms. The highest BCUT2D eigenvalue weighted by Gasteiger charge is 2.26. The Labute approximate surface area is 73.2 Å². The van der Waals surface area contributed by atoms with E-state index in [1.54, 1.807) is 13.8 Å². The number of rotatable bonds is 2. The lowest BCUT2D eigenvalue weighted by atomic mass is 9.85. The summed E-state index contributed by atoms with van der Waals surface area (Å²) >= 11 is 0. The molecule has 0 bridgehead atoms. The van der Waals surface area contributed by atoms with Crippen LogP contribution in [0.25, 0.3) is 0 Å². The molecule has 0 aromatic rings. The number of hydrogen-bond donors (Lipinski definition) is 2. The fraction of sp³-hybridized carbons (Fsp3) is 0.889. The van der Waals surface area contributed by atoms with Crippen LogP contribution in [-0.2, 0) is 4.79 Å². The minimum atomic E-state index is -0.306. The highest BCUT2D eigenvalue weighted by atomic mass is 16.3. The van der Waals surface area contributed by atoms with E-state index in [1.165, 1.54) is 0 Å². The average molecular weight is 171 g/mol. The standard InChI is InChI=1S/C9H17NO2/c1-6(11)8-3-9(7(2)12)5-10-4-8/h6,8-11H,3-5H2,1-2H3. The summed E-state index contributed by atoms with van der Waals surface area (Å²) in [5.74, 6) is 0.582. The molecule has 0 radical (unpaired) electrons. The Kier molecular flexibility index (Phi) is 3.23. The van der Waals surface area contributed by atoms with Gasteiger partial charge in [-0.1, -0.05) is 0 Å². The van der Waals surface area contributed by atoms with Crippen molar-refractivity contribution in [2.75, 3.05) is 13.1 Å². The van der Waals surface area contributed by atoms with Crippen LogP contribution >= 0.6 is 0 Å². The number of ketones is 1. The van der Waals surface area contributed by atoms with Crippen LogP contribution in [0.2, 0.25) is 0 Å². The quantitative estimate of drug-likeness (QED) is 0.623. The molecule has 12 heavy (non-hydrogen) atoms. The summed E-state index contributed by atoms with van der Waals surface area (Å²) in [5, 5.41) is 12.5. The molecule has 1 aliphatic heterocycles. The Morgan fingerprint density at radius 3 is 2.75 bits per heavy atom. The normalized spacial score (nSPS) is 32.9. The first-order valence-corrected chi connectivity index (χ1v) is 4.50. The van der Waals surface area contributed by atoms with Gasteiger partial charge in [-0.2, -0.15) is 0 Å². The molecule has 2 N–H and O–H groups in total. The molecule has 1 aliphatic rings. The van der Waals surface area contributed by atoms with Crippen LogP contribution in [0.3, 0.4) is 0 Å². The van der Waals surface area contributed by atoms with Gasteiger partial charge < -0.3 is 10.4 Å². The fourth-order valence-corrected chi connectivity index (χ4v) is 1.65. The van der Waals surface area contributed by atoms with Crippen LogP contribution < -0.4 is 5.32 Å². The van der Waals surface area contributed by atoms with Gasteiger partial charge in [0.25, 0.3) is 0 Å². The van der Waals surface area contributed by atoms with Gasteiger partial charge in [0, 0.05) is 19.0 Å². The Morgan fingerprint density at radius 1 is 1.58 bits per heavy atom. The largest absolute Gasteiger partial charge is 0.393 e. The average Bonchev–Trinajstić information content (AvgIpc) is 2.04. The molecule has 0 aromatic carbocycles. The zero-order chi connectivity index (χ0) is 9.14. The van der Waals surface area contributed by atoms with E-state index < -0.39 is 0 Å². The van der Waals surface area contributed by atoms with E-state index in [-0.39, 0.29) is 23.7 Å². The topological polar surface area (TPSA) is 49.3 Å². The Bertz CT molecular complexity index is 168. The summed E-state index contributed by atoms with van der Waals surface area (Å²) < 4.78 is 0. The van der Waals surface area contributed by atoms with E-state index in [0.29, 0.717) is 0 Å². The minimum Gasteiger partial charge on any atom is -0.393 e. The summed E-state index contributed by atoms with van der Waals surface area (Å²) in [6.07, 6.45) is 0.527. The molecule has 0 saturated carbocycles. The number of nitrogens with one attached hydrogen (secondary N) is 1. The maximum atomic E-state index is 11.0. The van der Waals surface area contributed by atoms with Gasteiger partial charge in [-0.15, -0.1) is 0 Å². The van der Waals surface area contributed by atoms with Crippen molar-refractivity contribution in [3.8, 4) is 0 Å². The summed E-state index contributed by atoms with van der Waals surface area (Å²) in [7, 11) is 0. The van der Waals surface area contributed by atoms with Crippen molar-refractivity contribution in [3.63, 3.8) is 0 Å². The second-order valence-electron chi connectivity index (χ2n) is 3.70. The number of Topliss-reactive ketones (excluding diaryl/α,β-unsaturated/α-hetero) is 1. The second-order valence-corrected chi connectivity index (χ2v) is 3.70. The van der Waals surface area contributed by atoms with Gasteiger partial charge in [0.1, 0.15) is 5.78 Å². The van der Waals surface area contributed by atoms with Gasteiger partial charge in [-0.05, 0) is 26.2 Å². The Balaban J connectivity index is 2.46. The van der Waals surface area contributed by atoms with E-state index in [0.717, 1.165) is 19.5 Å². The predicted octanol–water partition coefficient (Wildman–Crippen LogP) is 0.182. The van der Waals surface area contributed by atoms with Crippen LogP contribution in [0, 0.1) is 11.8 Å². The summed E-state index contributed by atoms with van der Waals surface area (Å²) in [4.78, 5) is 11.0. The van der Waals surface area contributed by atoms with Crippen molar-refractivity contribution in [2.45, 2.75) is 26.4 Å². The van der Waals surface area contributed by atoms with Crippen molar-refractivity contribution >= 4 is 5.78 Å². The lowest BCUT2D eigenvalue weighted by Gasteiger charge is -2.30. The van der Waals surface area contributed by atoms with Crippen molar-refractivity contribution < 1.29 is 9.90 Å². The molecule has 70 valence electrons. The van der Waals surface area contributed by atoms with E-state index >= 15 is 0 Å². The number of hydrogen-bond acceptors (Lipinski definition) is 3. The summed E-state index contributed by atoms with van der Waals surface area (Å²) in [5.41, 5.74) is 0. The molecule has 3 unspecified atom stereocenters. The zero-order valence-corrected chi connectivity index (χ0v) is 7.71. The molecule has 0 amide bonds.